The van der Waals surface area contributed by atoms with Crippen molar-refractivity contribution in [3.05, 3.63) is 65.2 Å². The first kappa shape index (κ1) is 15.0. The van der Waals surface area contributed by atoms with E-state index in [2.05, 4.69) is 9.71 Å². The average molecular weight is 320 g/mol. The van der Waals surface area contributed by atoms with Crippen LogP contribution in [-0.4, -0.2) is 14.3 Å². The molecule has 0 heterocycles. The highest BCUT2D eigenvalue weighted by Gasteiger charge is 2.15. The van der Waals surface area contributed by atoms with Crippen molar-refractivity contribution < 1.29 is 8.42 Å². The van der Waals surface area contributed by atoms with Crippen LogP contribution in [0.2, 0.25) is 5.02 Å². The normalized spacial score (nSPS) is 11.7. The van der Waals surface area contributed by atoms with Gasteiger partial charge in [-0.1, -0.05) is 41.9 Å². The van der Waals surface area contributed by atoms with Gasteiger partial charge in [0.25, 0.3) is 10.0 Å². The zero-order valence-electron chi connectivity index (χ0n) is 10.7. The third-order valence-electron chi connectivity index (χ3n) is 2.54. The average Bonchev–Trinajstić information content (AvgIpc) is 2.48. The minimum absolute atomic E-state index is 0.0000657. The van der Waals surface area contributed by atoms with Crippen LogP contribution in [-0.2, 0) is 10.0 Å². The molecule has 0 aliphatic carbocycles. The number of sulfonamides is 1. The fourth-order valence-corrected chi connectivity index (χ4v) is 2.68. The molecule has 2 aromatic carbocycles. The molecule has 0 amide bonds. The summed E-state index contributed by atoms with van der Waals surface area (Å²) in [7, 11) is -3.93. The highest BCUT2D eigenvalue weighted by Crippen LogP contribution is 2.17. The topological polar surface area (TPSA) is 82.3 Å². The number of nitriles is 1. The standard InChI is InChI=1S/C14H10ClN3O2S/c15-12-6-8-13(9-7-12)21(19,20)18-14(17-10-16)11-4-2-1-3-5-11/h1-9H,(H,17,18). The van der Waals surface area contributed by atoms with Crippen LogP contribution in [0.1, 0.15) is 5.56 Å². The van der Waals surface area contributed by atoms with Crippen molar-refractivity contribution in [2.75, 3.05) is 0 Å². The maximum Gasteiger partial charge on any atom is 0.284 e. The Kier molecular flexibility index (Phi) is 4.58. The molecular formula is C14H10ClN3O2S. The van der Waals surface area contributed by atoms with Gasteiger partial charge in [0.2, 0.25) is 0 Å². The molecule has 21 heavy (non-hydrogen) atoms. The van der Waals surface area contributed by atoms with Crippen LogP contribution in [0.4, 0.5) is 0 Å². The van der Waals surface area contributed by atoms with Crippen LogP contribution < -0.4 is 5.32 Å². The quantitative estimate of drug-likeness (QED) is 0.408. The van der Waals surface area contributed by atoms with Gasteiger partial charge in [-0.05, 0) is 24.3 Å². The Hall–Kier alpha value is -2.36. The first-order valence-corrected chi connectivity index (χ1v) is 7.66. The summed E-state index contributed by atoms with van der Waals surface area (Å²) in [6.07, 6.45) is 1.68. The van der Waals surface area contributed by atoms with Gasteiger partial charge in [0.1, 0.15) is 0 Å². The maximum absolute atomic E-state index is 12.2. The number of hydrogen-bond donors (Lipinski definition) is 1. The summed E-state index contributed by atoms with van der Waals surface area (Å²) < 4.78 is 28.1. The zero-order chi connectivity index (χ0) is 15.3. The molecule has 5 nitrogen and oxygen atoms in total. The lowest BCUT2D eigenvalue weighted by atomic mass is 10.2. The van der Waals surface area contributed by atoms with Crippen molar-refractivity contribution in [2.24, 2.45) is 4.40 Å². The Balaban J connectivity index is 2.47. The van der Waals surface area contributed by atoms with E-state index >= 15 is 0 Å². The van der Waals surface area contributed by atoms with Gasteiger partial charge in [0.15, 0.2) is 12.0 Å². The summed E-state index contributed by atoms with van der Waals surface area (Å²) in [5.41, 5.74) is 0.497. The SMILES string of the molecule is N#CN/C(=N\S(=O)(=O)c1ccc(Cl)cc1)c1ccccc1. The summed E-state index contributed by atoms with van der Waals surface area (Å²) in [5.74, 6) is -0.0342. The van der Waals surface area contributed by atoms with Crippen LogP contribution in [0.3, 0.4) is 0 Å². The summed E-state index contributed by atoms with van der Waals surface area (Å²) in [6.45, 7) is 0. The van der Waals surface area contributed by atoms with Crippen LogP contribution in [0.5, 0.6) is 0 Å². The lowest BCUT2D eigenvalue weighted by molar-refractivity contribution is 0.598. The van der Waals surface area contributed by atoms with Crippen LogP contribution in [0.25, 0.3) is 0 Å². The van der Waals surface area contributed by atoms with Gasteiger partial charge in [-0.3, -0.25) is 5.32 Å². The van der Waals surface area contributed by atoms with Gasteiger partial charge >= 0.3 is 0 Å². The lowest BCUT2D eigenvalue weighted by Gasteiger charge is -2.05. The molecule has 0 bridgehead atoms. The number of amidine groups is 1. The molecule has 106 valence electrons. The molecule has 0 unspecified atom stereocenters. The summed E-state index contributed by atoms with van der Waals surface area (Å²) in [5, 5.41) is 11.5. The number of halogens is 1. The fraction of sp³-hybridized carbons (Fsp3) is 0. The monoisotopic (exact) mass is 319 g/mol. The molecule has 2 rings (SSSR count). The first-order valence-electron chi connectivity index (χ1n) is 5.84. The first-order chi connectivity index (χ1) is 10.0. The third kappa shape index (κ3) is 3.81. The number of hydrogen-bond acceptors (Lipinski definition) is 3. The summed E-state index contributed by atoms with van der Waals surface area (Å²) >= 11 is 5.73. The van der Waals surface area contributed by atoms with Gasteiger partial charge in [0, 0.05) is 10.6 Å². The van der Waals surface area contributed by atoms with E-state index in [9.17, 15) is 8.42 Å². The predicted octanol–water partition coefficient (Wildman–Crippen LogP) is 2.55. The molecule has 1 N–H and O–H groups in total. The Morgan fingerprint density at radius 2 is 1.71 bits per heavy atom. The van der Waals surface area contributed by atoms with E-state index in [1.165, 1.54) is 24.3 Å². The minimum atomic E-state index is -3.93. The smallest absolute Gasteiger partial charge is 0.276 e. The van der Waals surface area contributed by atoms with Gasteiger partial charge in [-0.25, -0.2) is 0 Å². The minimum Gasteiger partial charge on any atom is -0.276 e. The predicted molar refractivity (Wildman–Crippen MR) is 80.4 cm³/mol. The molecule has 0 saturated carbocycles. The van der Waals surface area contributed by atoms with Gasteiger partial charge in [-0.2, -0.15) is 13.7 Å². The molecule has 0 saturated heterocycles. The van der Waals surface area contributed by atoms with Gasteiger partial charge in [0.05, 0.1) is 4.90 Å². The lowest BCUT2D eigenvalue weighted by Crippen LogP contribution is -2.20. The number of nitrogens with one attached hydrogen (secondary N) is 1. The highest BCUT2D eigenvalue weighted by atomic mass is 35.5. The van der Waals surface area contributed by atoms with E-state index in [0.717, 1.165) is 0 Å². The van der Waals surface area contributed by atoms with Crippen molar-refractivity contribution in [3.63, 3.8) is 0 Å². The van der Waals surface area contributed by atoms with E-state index in [1.807, 2.05) is 0 Å². The summed E-state index contributed by atoms with van der Waals surface area (Å²) in [4.78, 5) is 0.0000657. The van der Waals surface area contributed by atoms with Gasteiger partial charge in [-0.15, -0.1) is 4.40 Å². The Morgan fingerprint density at radius 1 is 1.10 bits per heavy atom. The largest absolute Gasteiger partial charge is 0.284 e. The number of benzene rings is 2. The summed E-state index contributed by atoms with van der Waals surface area (Å²) in [6, 6.07) is 14.2. The molecule has 0 fully saturated rings. The Morgan fingerprint density at radius 3 is 2.29 bits per heavy atom. The third-order valence-corrected chi connectivity index (χ3v) is 4.09. The molecule has 2 aromatic rings. The molecule has 0 atom stereocenters. The molecule has 0 aliphatic rings. The zero-order valence-corrected chi connectivity index (χ0v) is 12.3. The maximum atomic E-state index is 12.2. The fourth-order valence-electron chi connectivity index (χ4n) is 1.58. The molecule has 0 aromatic heterocycles. The van der Waals surface area contributed by atoms with E-state index in [-0.39, 0.29) is 10.7 Å². The second-order valence-electron chi connectivity index (χ2n) is 3.97. The van der Waals surface area contributed by atoms with Crippen molar-refractivity contribution in [1.29, 1.82) is 5.26 Å². The number of nitrogens with zero attached hydrogens (tertiary/aromatic N) is 2. The van der Waals surface area contributed by atoms with Crippen molar-refractivity contribution >= 4 is 27.5 Å². The Labute approximate surface area is 127 Å². The van der Waals surface area contributed by atoms with Crippen LogP contribution in [0, 0.1) is 11.5 Å². The van der Waals surface area contributed by atoms with Gasteiger partial charge < -0.3 is 0 Å². The molecular weight excluding hydrogens is 310 g/mol. The van der Waals surface area contributed by atoms with Crippen molar-refractivity contribution in [1.82, 2.24) is 5.32 Å². The van der Waals surface area contributed by atoms with Crippen molar-refractivity contribution in [2.45, 2.75) is 4.90 Å². The second kappa shape index (κ2) is 6.39. The molecule has 7 heteroatoms. The van der Waals surface area contributed by atoms with Crippen molar-refractivity contribution in [3.8, 4) is 6.19 Å². The van der Waals surface area contributed by atoms with E-state index in [1.54, 1.807) is 36.5 Å². The highest BCUT2D eigenvalue weighted by molar-refractivity contribution is 7.90. The molecule has 0 spiro atoms. The van der Waals surface area contributed by atoms with E-state index in [0.29, 0.717) is 10.6 Å². The Bertz CT molecular complexity index is 794. The van der Waals surface area contributed by atoms with Crippen LogP contribution in [0.15, 0.2) is 63.9 Å². The number of rotatable bonds is 3. The molecule has 0 aliphatic heterocycles. The van der Waals surface area contributed by atoms with Crippen LogP contribution >= 0.6 is 11.6 Å². The second-order valence-corrected chi connectivity index (χ2v) is 6.01. The van der Waals surface area contributed by atoms with E-state index < -0.39 is 10.0 Å². The molecule has 0 radical (unpaired) electrons. The van der Waals surface area contributed by atoms with E-state index in [4.69, 9.17) is 16.9 Å².